The number of nitrogens with one attached hydrogen (secondary N) is 2. The number of amides is 1. The molecule has 1 amide bonds. The van der Waals surface area contributed by atoms with Gasteiger partial charge in [0.05, 0.1) is 22.2 Å². The van der Waals surface area contributed by atoms with Gasteiger partial charge in [-0.3, -0.25) is 4.79 Å². The maximum atomic E-state index is 13.0. The van der Waals surface area contributed by atoms with Gasteiger partial charge in [-0.2, -0.15) is 13.2 Å². The molecule has 0 aliphatic carbocycles. The molecule has 0 fully saturated rings. The summed E-state index contributed by atoms with van der Waals surface area (Å²) in [5.74, 6) is -0.997. The number of anilines is 1. The van der Waals surface area contributed by atoms with Gasteiger partial charge in [0.2, 0.25) is 5.91 Å². The summed E-state index contributed by atoms with van der Waals surface area (Å²) in [6.07, 6.45) is -4.50. The van der Waals surface area contributed by atoms with Crippen LogP contribution in [0.1, 0.15) is 22.6 Å². The highest BCUT2D eigenvalue weighted by atomic mass is 35.5. The van der Waals surface area contributed by atoms with Crippen molar-refractivity contribution >= 4 is 40.5 Å². The second kappa shape index (κ2) is 9.28. The summed E-state index contributed by atoms with van der Waals surface area (Å²) in [6, 6.07) is 21.2. The average Bonchev–Trinajstić information content (AvgIpc) is 2.70. The fourth-order valence-corrected chi connectivity index (χ4v) is 3.35. The molecule has 0 radical (unpaired) electrons. The molecule has 30 heavy (non-hydrogen) atoms. The Morgan fingerprint density at radius 1 is 0.900 bits per heavy atom. The van der Waals surface area contributed by atoms with Crippen molar-refractivity contribution in [1.29, 1.82) is 0 Å². The van der Waals surface area contributed by atoms with Crippen molar-refractivity contribution in [3.8, 4) is 0 Å². The first-order valence-electron chi connectivity index (χ1n) is 8.84. The smallest absolute Gasteiger partial charge is 0.331 e. The summed E-state index contributed by atoms with van der Waals surface area (Å²) in [5, 5.41) is 5.04. The minimum absolute atomic E-state index is 0.0708. The minimum atomic E-state index is -4.50. The summed E-state index contributed by atoms with van der Waals surface area (Å²) >= 11 is 11.1. The number of halogens is 4. The van der Waals surface area contributed by atoms with E-state index in [2.05, 4.69) is 10.6 Å². The maximum absolute atomic E-state index is 13.0. The molecule has 0 heterocycles. The maximum Gasteiger partial charge on any atom is 0.416 e. The molecular weight excluding hydrogens is 433 g/mol. The number of hydrogen-bond acceptors (Lipinski definition) is 2. The van der Waals surface area contributed by atoms with Crippen molar-refractivity contribution in [2.24, 2.45) is 0 Å². The molecule has 3 rings (SSSR count). The van der Waals surface area contributed by atoms with E-state index in [1.807, 2.05) is 60.7 Å². The van der Waals surface area contributed by atoms with Gasteiger partial charge in [0.1, 0.15) is 0 Å². The summed E-state index contributed by atoms with van der Waals surface area (Å²) in [4.78, 5) is 13.0. The van der Waals surface area contributed by atoms with Crippen molar-refractivity contribution in [1.82, 2.24) is 5.32 Å². The molecule has 3 nitrogen and oxygen atoms in total. The van der Waals surface area contributed by atoms with E-state index >= 15 is 0 Å². The molecule has 0 aliphatic heterocycles. The lowest BCUT2D eigenvalue weighted by Crippen LogP contribution is -2.38. The third-order valence-electron chi connectivity index (χ3n) is 4.31. The summed E-state index contributed by atoms with van der Waals surface area (Å²) in [7, 11) is 0. The second-order valence-electron chi connectivity index (χ2n) is 6.39. The van der Waals surface area contributed by atoms with Crippen molar-refractivity contribution < 1.29 is 18.0 Å². The number of alkyl halides is 3. The fourth-order valence-electron chi connectivity index (χ4n) is 2.92. The van der Waals surface area contributed by atoms with Gasteiger partial charge in [-0.25, -0.2) is 0 Å². The SMILES string of the molecule is O=C(NC(=S)Nc1ccc(C(F)(F)F)cc1Cl)C(c1ccccc1)c1ccccc1. The van der Waals surface area contributed by atoms with Gasteiger partial charge in [-0.05, 0) is 41.5 Å². The van der Waals surface area contributed by atoms with E-state index in [0.29, 0.717) is 0 Å². The quantitative estimate of drug-likeness (QED) is 0.481. The van der Waals surface area contributed by atoms with Crippen LogP contribution in [0.4, 0.5) is 18.9 Å². The normalized spacial score (nSPS) is 11.2. The molecule has 3 aromatic carbocycles. The van der Waals surface area contributed by atoms with E-state index < -0.39 is 17.7 Å². The Bertz CT molecular complexity index is 1000. The molecule has 8 heteroatoms. The van der Waals surface area contributed by atoms with E-state index in [1.54, 1.807) is 0 Å². The molecule has 2 N–H and O–H groups in total. The first-order chi connectivity index (χ1) is 14.3. The standard InChI is InChI=1S/C22H16ClF3N2OS/c23-17-13-16(22(24,25)26)11-12-18(17)27-21(30)28-20(29)19(14-7-3-1-4-8-14)15-9-5-2-6-10-15/h1-13,19H,(H2,27,28,29,30). The Kier molecular flexibility index (Phi) is 6.74. The highest BCUT2D eigenvalue weighted by Crippen LogP contribution is 2.33. The first-order valence-corrected chi connectivity index (χ1v) is 9.63. The van der Waals surface area contributed by atoms with Crippen LogP contribution in [0.3, 0.4) is 0 Å². The van der Waals surface area contributed by atoms with Crippen LogP contribution in [0, 0.1) is 0 Å². The van der Waals surface area contributed by atoms with Crippen LogP contribution in [-0.2, 0) is 11.0 Å². The monoisotopic (exact) mass is 448 g/mol. The molecule has 0 aromatic heterocycles. The molecule has 0 unspecified atom stereocenters. The lowest BCUT2D eigenvalue weighted by atomic mass is 9.90. The van der Waals surface area contributed by atoms with E-state index in [9.17, 15) is 18.0 Å². The lowest BCUT2D eigenvalue weighted by molar-refractivity contribution is -0.137. The minimum Gasteiger partial charge on any atom is -0.331 e. The predicted octanol–water partition coefficient (Wildman–Crippen LogP) is 6.00. The Morgan fingerprint density at radius 2 is 1.43 bits per heavy atom. The molecule has 0 bridgehead atoms. The summed E-state index contributed by atoms with van der Waals surface area (Å²) in [6.45, 7) is 0. The van der Waals surface area contributed by atoms with Crippen molar-refractivity contribution in [2.45, 2.75) is 12.1 Å². The van der Waals surface area contributed by atoms with Crippen LogP contribution >= 0.6 is 23.8 Å². The zero-order valence-electron chi connectivity index (χ0n) is 15.4. The van der Waals surface area contributed by atoms with Crippen LogP contribution in [0.25, 0.3) is 0 Å². The van der Waals surface area contributed by atoms with Crippen LogP contribution < -0.4 is 10.6 Å². The molecule has 0 spiro atoms. The largest absolute Gasteiger partial charge is 0.416 e. The lowest BCUT2D eigenvalue weighted by Gasteiger charge is -2.19. The average molecular weight is 449 g/mol. The molecule has 3 aromatic rings. The summed E-state index contributed by atoms with van der Waals surface area (Å²) in [5.41, 5.74) is 0.834. The van der Waals surface area contributed by atoms with Crippen LogP contribution in [0.2, 0.25) is 5.02 Å². The molecular formula is C22H16ClF3N2OS. The van der Waals surface area contributed by atoms with Gasteiger partial charge >= 0.3 is 6.18 Å². The second-order valence-corrected chi connectivity index (χ2v) is 7.21. The van der Waals surface area contributed by atoms with Gasteiger partial charge in [0.25, 0.3) is 0 Å². The highest BCUT2D eigenvalue weighted by molar-refractivity contribution is 7.80. The van der Waals surface area contributed by atoms with Crippen LogP contribution in [0.15, 0.2) is 78.9 Å². The zero-order valence-corrected chi connectivity index (χ0v) is 17.0. The predicted molar refractivity (Wildman–Crippen MR) is 116 cm³/mol. The van der Waals surface area contributed by atoms with Gasteiger partial charge in [0, 0.05) is 0 Å². The number of rotatable bonds is 4. The Hall–Kier alpha value is -2.90. The number of thiocarbonyl (C=S) groups is 1. The molecule has 154 valence electrons. The fraction of sp³-hybridized carbons (Fsp3) is 0.0909. The molecule has 0 atom stereocenters. The first kappa shape index (κ1) is 21.8. The van der Waals surface area contributed by atoms with Crippen molar-refractivity contribution in [3.05, 3.63) is 101 Å². The third kappa shape index (κ3) is 5.37. The van der Waals surface area contributed by atoms with E-state index in [0.717, 1.165) is 29.3 Å². The van der Waals surface area contributed by atoms with E-state index in [4.69, 9.17) is 23.8 Å². The Balaban J connectivity index is 1.77. The third-order valence-corrected chi connectivity index (χ3v) is 4.83. The Morgan fingerprint density at radius 3 is 1.90 bits per heavy atom. The summed E-state index contributed by atoms with van der Waals surface area (Å²) < 4.78 is 38.4. The molecule has 0 saturated carbocycles. The molecule has 0 saturated heterocycles. The number of benzene rings is 3. The van der Waals surface area contributed by atoms with Gasteiger partial charge in [0.15, 0.2) is 5.11 Å². The van der Waals surface area contributed by atoms with Crippen LogP contribution in [0.5, 0.6) is 0 Å². The zero-order chi connectivity index (χ0) is 21.7. The molecule has 0 aliphatic rings. The van der Waals surface area contributed by atoms with Crippen molar-refractivity contribution in [2.75, 3.05) is 5.32 Å². The Labute approximate surface area is 181 Å². The number of carbonyl (C=O) groups is 1. The van der Waals surface area contributed by atoms with Gasteiger partial charge in [-0.1, -0.05) is 72.3 Å². The number of carbonyl (C=O) groups excluding carboxylic acids is 1. The van der Waals surface area contributed by atoms with Gasteiger partial charge in [-0.15, -0.1) is 0 Å². The van der Waals surface area contributed by atoms with Crippen LogP contribution in [-0.4, -0.2) is 11.0 Å². The highest BCUT2D eigenvalue weighted by Gasteiger charge is 2.31. The number of hydrogen-bond donors (Lipinski definition) is 2. The topological polar surface area (TPSA) is 41.1 Å². The van der Waals surface area contributed by atoms with Gasteiger partial charge < -0.3 is 10.6 Å². The van der Waals surface area contributed by atoms with E-state index in [-0.39, 0.29) is 21.7 Å². The van der Waals surface area contributed by atoms with E-state index in [1.165, 1.54) is 0 Å². The van der Waals surface area contributed by atoms with Crippen molar-refractivity contribution in [3.63, 3.8) is 0 Å².